The number of hydrogen-bond donors (Lipinski definition) is 3. The van der Waals surface area contributed by atoms with Crippen LogP contribution in [0.3, 0.4) is 0 Å². The highest BCUT2D eigenvalue weighted by Gasteiger charge is 2.48. The molecule has 1 atom stereocenters. The fourth-order valence-electron chi connectivity index (χ4n) is 7.79. The molecule has 7 rings (SSSR count). The minimum atomic E-state index is -5.99. The van der Waals surface area contributed by atoms with Gasteiger partial charge < -0.3 is 29.7 Å². The molecule has 67 heavy (non-hydrogen) atoms. The maximum atomic E-state index is 14.1. The molecule has 0 aliphatic carbocycles. The Hall–Kier alpha value is -5.37. The zero-order valence-corrected chi connectivity index (χ0v) is 40.4. The van der Waals surface area contributed by atoms with E-state index in [1.54, 1.807) is 35.9 Å². The van der Waals surface area contributed by atoms with E-state index >= 15 is 0 Å². The molecular weight excluding hydrogens is 969 g/mol. The van der Waals surface area contributed by atoms with Crippen molar-refractivity contribution in [3.63, 3.8) is 0 Å². The summed E-state index contributed by atoms with van der Waals surface area (Å²) in [6.07, 6.45) is 0.453. The second-order valence-corrected chi connectivity index (χ2v) is 21.6. The molecule has 12 nitrogen and oxygen atoms in total. The third-order valence-corrected chi connectivity index (χ3v) is 16.0. The molecule has 2 heterocycles. The molecule has 0 spiro atoms. The van der Waals surface area contributed by atoms with Crippen LogP contribution in [0.25, 0.3) is 22.4 Å². The Labute approximate surface area is 402 Å². The van der Waals surface area contributed by atoms with E-state index in [1.165, 1.54) is 23.9 Å². The number of sulfone groups is 1. The van der Waals surface area contributed by atoms with Crippen LogP contribution in [-0.4, -0.2) is 102 Å². The number of aromatic nitrogens is 1. The Bertz CT molecular complexity index is 2950. The number of nitrogens with zero attached hydrogens (tertiary/aromatic N) is 4. The van der Waals surface area contributed by atoms with Gasteiger partial charge in [0, 0.05) is 77.6 Å². The fourth-order valence-corrected chi connectivity index (χ4v) is 11.3. The van der Waals surface area contributed by atoms with Crippen LogP contribution in [-0.2, 0) is 26.9 Å². The Balaban J connectivity index is 1.05. The summed E-state index contributed by atoms with van der Waals surface area (Å²) in [6.45, 7) is 2.91. The number of thioether (sulfide) groups is 1. The Kier molecular flexibility index (Phi) is 15.1. The second-order valence-electron chi connectivity index (χ2n) is 16.1. The Morgan fingerprint density at radius 1 is 0.806 bits per heavy atom. The van der Waals surface area contributed by atoms with Crippen LogP contribution in [0.1, 0.15) is 16.8 Å². The molecule has 1 aliphatic rings. The lowest BCUT2D eigenvalue weighted by Gasteiger charge is -2.37. The Morgan fingerprint density at radius 3 is 2.06 bits per heavy atom. The van der Waals surface area contributed by atoms with Gasteiger partial charge in [-0.15, -0.1) is 11.8 Å². The monoisotopic (exact) mass is 1010 g/mol. The zero-order chi connectivity index (χ0) is 48.3. The maximum Gasteiger partial charge on any atom is 0.501 e. The van der Waals surface area contributed by atoms with Gasteiger partial charge in [0.05, 0.1) is 16.3 Å². The van der Waals surface area contributed by atoms with Crippen LogP contribution in [0.4, 0.5) is 35.9 Å². The number of anilines is 4. The molecule has 0 amide bonds. The van der Waals surface area contributed by atoms with Gasteiger partial charge in [0.15, 0.2) is 0 Å². The Morgan fingerprint density at radius 2 is 1.45 bits per heavy atom. The normalized spacial score (nSPS) is 14.0. The molecule has 0 radical (unpaired) electrons. The van der Waals surface area contributed by atoms with Crippen molar-refractivity contribution in [2.24, 2.45) is 7.05 Å². The van der Waals surface area contributed by atoms with E-state index in [9.17, 15) is 39.9 Å². The largest absolute Gasteiger partial charge is 0.501 e. The number of carboxylic acid groups (broad SMARTS) is 1. The summed E-state index contributed by atoms with van der Waals surface area (Å²) in [5.41, 5.74) is -1.76. The van der Waals surface area contributed by atoms with Crippen molar-refractivity contribution in [1.82, 2.24) is 9.47 Å². The van der Waals surface area contributed by atoms with Gasteiger partial charge in [0.2, 0.25) is 0 Å². The smallest absolute Gasteiger partial charge is 0.478 e. The molecule has 354 valence electrons. The standard InChI is InChI=1S/C47H47Cl2F3N6O6S3/c1-55(2)23-22-35(30-65-38-10-5-4-6-11-38)53-40-21-20-39(29-41(40)66(61,62)47(50,51)52)67(63,64)54-34-16-18-36(19-17-34)57-24-26-58(27-25-57)37-9-7-8-32(28-37)42-43(46(59)60)45(49)56(3)44(42)31-12-14-33(48)15-13-31/h4-21,28-29,35,53-54H,22-27,30H2,1-3H3,(H,59,60)/t35-/m1/s1. The minimum absolute atomic E-state index is 0.0134. The van der Waals surface area contributed by atoms with Gasteiger partial charge in [-0.25, -0.2) is 21.6 Å². The molecule has 5 aromatic carbocycles. The highest BCUT2D eigenvalue weighted by Crippen LogP contribution is 2.43. The van der Waals surface area contributed by atoms with Crippen LogP contribution < -0.4 is 19.8 Å². The number of carboxylic acids is 1. The quantitative estimate of drug-likeness (QED) is 0.0751. The third-order valence-electron chi connectivity index (χ3n) is 11.3. The average molecular weight is 1020 g/mol. The fraction of sp³-hybridized carbons (Fsp3) is 0.255. The number of benzene rings is 5. The molecule has 1 saturated heterocycles. The number of alkyl halides is 3. The van der Waals surface area contributed by atoms with Crippen LogP contribution >= 0.6 is 35.0 Å². The topological polar surface area (TPSA) is 144 Å². The summed E-state index contributed by atoms with van der Waals surface area (Å²) in [7, 11) is -5.16. The van der Waals surface area contributed by atoms with Crippen LogP contribution in [0.15, 0.2) is 136 Å². The highest BCUT2D eigenvalue weighted by atomic mass is 35.5. The van der Waals surface area contributed by atoms with Crippen molar-refractivity contribution >= 4 is 83.5 Å². The molecule has 6 aromatic rings. The van der Waals surface area contributed by atoms with E-state index in [0.29, 0.717) is 72.8 Å². The molecular formula is C47H47Cl2F3N6O6S3. The number of halogens is 5. The van der Waals surface area contributed by atoms with Gasteiger partial charge in [-0.2, -0.15) is 13.2 Å². The van der Waals surface area contributed by atoms with Crippen molar-refractivity contribution in [3.8, 4) is 22.4 Å². The minimum Gasteiger partial charge on any atom is -0.478 e. The van der Waals surface area contributed by atoms with Crippen molar-refractivity contribution < 1.29 is 39.9 Å². The van der Waals surface area contributed by atoms with Gasteiger partial charge in [-0.05, 0) is 117 Å². The van der Waals surface area contributed by atoms with Crippen LogP contribution in [0.5, 0.6) is 0 Å². The maximum absolute atomic E-state index is 14.1. The van der Waals surface area contributed by atoms with E-state index < -0.39 is 47.2 Å². The molecule has 0 unspecified atom stereocenters. The molecule has 1 fully saturated rings. The third kappa shape index (κ3) is 11.3. The summed E-state index contributed by atoms with van der Waals surface area (Å²) >= 11 is 14.2. The number of rotatable bonds is 17. The number of nitrogens with one attached hydrogen (secondary N) is 2. The highest BCUT2D eigenvalue weighted by molar-refractivity contribution is 7.99. The summed E-state index contributed by atoms with van der Waals surface area (Å²) < 4.78 is 99.7. The average Bonchev–Trinajstić information content (AvgIpc) is 3.57. The molecule has 0 bridgehead atoms. The summed E-state index contributed by atoms with van der Waals surface area (Å²) in [6, 6.07) is 32.7. The number of piperazine rings is 1. The first kappa shape index (κ1) is 49.5. The van der Waals surface area contributed by atoms with Gasteiger partial charge in [0.25, 0.3) is 19.9 Å². The molecule has 0 saturated carbocycles. The molecule has 20 heteroatoms. The van der Waals surface area contributed by atoms with E-state index in [4.69, 9.17) is 23.2 Å². The molecule has 3 N–H and O–H groups in total. The van der Waals surface area contributed by atoms with E-state index in [0.717, 1.165) is 34.0 Å². The van der Waals surface area contributed by atoms with Crippen molar-refractivity contribution in [1.29, 1.82) is 0 Å². The van der Waals surface area contributed by atoms with Gasteiger partial charge >= 0.3 is 11.5 Å². The van der Waals surface area contributed by atoms with Gasteiger partial charge in [-0.3, -0.25) is 4.72 Å². The zero-order valence-electron chi connectivity index (χ0n) is 36.5. The summed E-state index contributed by atoms with van der Waals surface area (Å²) in [5.74, 6) is -0.769. The summed E-state index contributed by atoms with van der Waals surface area (Å²) in [5, 5.41) is 13.9. The van der Waals surface area contributed by atoms with Crippen LogP contribution in [0.2, 0.25) is 10.2 Å². The van der Waals surface area contributed by atoms with Crippen molar-refractivity contribution in [2.75, 3.05) is 72.4 Å². The first-order valence-electron chi connectivity index (χ1n) is 20.9. The molecule has 1 aromatic heterocycles. The van der Waals surface area contributed by atoms with E-state index in [1.807, 2.05) is 85.7 Å². The van der Waals surface area contributed by atoms with Crippen molar-refractivity contribution in [2.45, 2.75) is 32.7 Å². The SMILES string of the molecule is CN(C)CC[C@H](CSc1ccccc1)Nc1ccc(S(=O)(=O)Nc2ccc(N3CCN(c4cccc(-c5c(C(=O)O)c(Cl)n(C)c5-c5ccc(Cl)cc5)c4)CC3)cc2)cc1S(=O)(=O)C(F)(F)F. The number of hydrogen-bond acceptors (Lipinski definition) is 10. The first-order valence-corrected chi connectivity index (χ1v) is 25.6. The lowest BCUT2D eigenvalue weighted by atomic mass is 9.97. The number of carbonyl (C=O) groups is 1. The van der Waals surface area contributed by atoms with E-state index in [-0.39, 0.29) is 22.1 Å². The van der Waals surface area contributed by atoms with Crippen molar-refractivity contribution in [3.05, 3.63) is 137 Å². The van der Waals surface area contributed by atoms with Gasteiger partial charge in [-0.1, -0.05) is 65.7 Å². The lowest BCUT2D eigenvalue weighted by molar-refractivity contribution is -0.0435. The lowest BCUT2D eigenvalue weighted by Crippen LogP contribution is -2.46. The van der Waals surface area contributed by atoms with E-state index in [2.05, 4.69) is 19.8 Å². The first-order chi connectivity index (χ1) is 31.7. The summed E-state index contributed by atoms with van der Waals surface area (Å²) in [4.78, 5) is 17.8. The predicted octanol–water partition coefficient (Wildman–Crippen LogP) is 10.3. The second kappa shape index (κ2) is 20.5. The predicted molar refractivity (Wildman–Crippen MR) is 262 cm³/mol. The van der Waals surface area contributed by atoms with Crippen LogP contribution in [0, 0.1) is 0 Å². The van der Waals surface area contributed by atoms with Gasteiger partial charge in [0.1, 0.15) is 15.6 Å². The number of sulfonamides is 1. The number of aromatic carboxylic acids is 1. The molecule has 1 aliphatic heterocycles.